The Hall–Kier alpha value is -2.20. The summed E-state index contributed by atoms with van der Waals surface area (Å²) in [5.74, 6) is -0.313. The van der Waals surface area contributed by atoms with Gasteiger partial charge in [-0.25, -0.2) is 4.79 Å². The fourth-order valence-corrected chi connectivity index (χ4v) is 2.41. The van der Waals surface area contributed by atoms with Crippen LogP contribution in [-0.4, -0.2) is 23.7 Å². The molecule has 2 unspecified atom stereocenters. The summed E-state index contributed by atoms with van der Waals surface area (Å²) in [5, 5.41) is 0. The highest BCUT2D eigenvalue weighted by Gasteiger charge is 2.29. The predicted octanol–water partition coefficient (Wildman–Crippen LogP) is 2.89. The summed E-state index contributed by atoms with van der Waals surface area (Å²) in [6, 6.07) is 15.2. The van der Waals surface area contributed by atoms with E-state index in [-0.39, 0.29) is 5.97 Å². The van der Waals surface area contributed by atoms with E-state index in [1.807, 2.05) is 48.5 Å². The number of nitrogens with zero attached hydrogens (tertiary/aromatic N) is 1. The quantitative estimate of drug-likeness (QED) is 0.810. The number of pyridine rings is 1. The number of aromatic nitrogens is 1. The summed E-state index contributed by atoms with van der Waals surface area (Å²) in [6.07, 6.45) is 2.39. The van der Waals surface area contributed by atoms with Crippen molar-refractivity contribution < 1.29 is 14.3 Å². The van der Waals surface area contributed by atoms with Crippen molar-refractivity contribution in [1.29, 1.82) is 0 Å². The van der Waals surface area contributed by atoms with E-state index in [1.54, 1.807) is 6.20 Å². The van der Waals surface area contributed by atoms with Crippen LogP contribution < -0.4 is 0 Å². The molecule has 108 valence electrons. The average molecular weight is 283 g/mol. The zero-order valence-electron chi connectivity index (χ0n) is 11.6. The predicted molar refractivity (Wildman–Crippen MR) is 77.6 cm³/mol. The van der Waals surface area contributed by atoms with E-state index >= 15 is 0 Å². The van der Waals surface area contributed by atoms with Gasteiger partial charge in [0.05, 0.1) is 5.69 Å². The largest absolute Gasteiger partial charge is 0.449 e. The van der Waals surface area contributed by atoms with Crippen LogP contribution in [0.3, 0.4) is 0 Å². The summed E-state index contributed by atoms with van der Waals surface area (Å²) < 4.78 is 11.1. The first-order chi connectivity index (χ1) is 10.3. The van der Waals surface area contributed by atoms with Crippen molar-refractivity contribution in [3.63, 3.8) is 0 Å². The molecule has 1 aromatic heterocycles. The van der Waals surface area contributed by atoms with Crippen LogP contribution in [-0.2, 0) is 14.3 Å². The van der Waals surface area contributed by atoms with Crippen molar-refractivity contribution in [2.24, 2.45) is 0 Å². The zero-order chi connectivity index (χ0) is 14.5. The summed E-state index contributed by atoms with van der Waals surface area (Å²) in [7, 11) is 0. The average Bonchev–Trinajstić information content (AvgIpc) is 3.09. The lowest BCUT2D eigenvalue weighted by Crippen LogP contribution is -2.25. The van der Waals surface area contributed by atoms with Gasteiger partial charge in [-0.15, -0.1) is 0 Å². The van der Waals surface area contributed by atoms with E-state index in [9.17, 15) is 4.79 Å². The summed E-state index contributed by atoms with van der Waals surface area (Å²) >= 11 is 0. The van der Waals surface area contributed by atoms with Gasteiger partial charge < -0.3 is 9.47 Å². The van der Waals surface area contributed by atoms with Crippen molar-refractivity contribution in [3.8, 4) is 0 Å². The molecule has 1 aliphatic heterocycles. The van der Waals surface area contributed by atoms with E-state index in [2.05, 4.69) is 4.98 Å². The number of rotatable bonds is 4. The van der Waals surface area contributed by atoms with Gasteiger partial charge in [-0.1, -0.05) is 36.4 Å². The van der Waals surface area contributed by atoms with E-state index in [1.165, 1.54) is 0 Å². The topological polar surface area (TPSA) is 48.4 Å². The minimum atomic E-state index is -0.496. The lowest BCUT2D eigenvalue weighted by Gasteiger charge is -2.19. The molecule has 1 aromatic carbocycles. The lowest BCUT2D eigenvalue weighted by molar-refractivity contribution is -0.158. The first-order valence-electron chi connectivity index (χ1n) is 7.12. The second-order valence-electron chi connectivity index (χ2n) is 4.98. The van der Waals surface area contributed by atoms with E-state index in [4.69, 9.17) is 9.47 Å². The second-order valence-corrected chi connectivity index (χ2v) is 4.98. The van der Waals surface area contributed by atoms with Gasteiger partial charge in [0.1, 0.15) is 0 Å². The molecule has 0 bridgehead atoms. The fraction of sp³-hybridized carbons (Fsp3) is 0.294. The number of hydrogen-bond donors (Lipinski definition) is 0. The standard InChI is InChI=1S/C17H17NO3/c19-17(15-10-6-12-20-15)21-16(13-7-2-1-3-8-13)14-9-4-5-11-18-14/h1-5,7-9,11,15-16H,6,10,12H2. The molecule has 4 heteroatoms. The van der Waals surface area contributed by atoms with Crippen LogP contribution in [0.5, 0.6) is 0 Å². The third-order valence-corrected chi connectivity index (χ3v) is 3.49. The molecule has 0 amide bonds. The van der Waals surface area contributed by atoms with Crippen molar-refractivity contribution in [1.82, 2.24) is 4.98 Å². The van der Waals surface area contributed by atoms with Crippen LogP contribution >= 0.6 is 0 Å². The van der Waals surface area contributed by atoms with Crippen LogP contribution in [0, 0.1) is 0 Å². The van der Waals surface area contributed by atoms with Crippen molar-refractivity contribution in [2.45, 2.75) is 25.0 Å². The number of carbonyl (C=O) groups is 1. The van der Waals surface area contributed by atoms with E-state index < -0.39 is 12.2 Å². The molecule has 0 saturated carbocycles. The second kappa shape index (κ2) is 6.50. The molecular weight excluding hydrogens is 266 g/mol. The normalized spacial score (nSPS) is 19.1. The minimum absolute atomic E-state index is 0.313. The molecule has 1 aliphatic rings. The molecule has 0 aliphatic carbocycles. The Morgan fingerprint density at radius 1 is 1.19 bits per heavy atom. The minimum Gasteiger partial charge on any atom is -0.449 e. The zero-order valence-corrected chi connectivity index (χ0v) is 11.6. The maximum atomic E-state index is 12.2. The fourth-order valence-electron chi connectivity index (χ4n) is 2.41. The molecule has 2 aromatic rings. The van der Waals surface area contributed by atoms with Crippen molar-refractivity contribution in [2.75, 3.05) is 6.61 Å². The smallest absolute Gasteiger partial charge is 0.336 e. The lowest BCUT2D eigenvalue weighted by atomic mass is 10.1. The summed E-state index contributed by atoms with van der Waals surface area (Å²) in [4.78, 5) is 16.5. The molecule has 2 atom stereocenters. The monoisotopic (exact) mass is 283 g/mol. The van der Waals surface area contributed by atoms with Gasteiger partial charge in [0.2, 0.25) is 0 Å². The Kier molecular flexibility index (Phi) is 4.26. The Balaban J connectivity index is 1.84. The number of esters is 1. The van der Waals surface area contributed by atoms with Gasteiger partial charge in [0.25, 0.3) is 0 Å². The van der Waals surface area contributed by atoms with Crippen LogP contribution in [0.1, 0.15) is 30.2 Å². The van der Waals surface area contributed by atoms with Crippen molar-refractivity contribution in [3.05, 3.63) is 66.0 Å². The maximum absolute atomic E-state index is 12.2. The van der Waals surface area contributed by atoms with Gasteiger partial charge in [-0.2, -0.15) is 0 Å². The number of hydrogen-bond acceptors (Lipinski definition) is 4. The highest BCUT2D eigenvalue weighted by atomic mass is 16.6. The molecule has 4 nitrogen and oxygen atoms in total. The van der Waals surface area contributed by atoms with Crippen LogP contribution in [0.4, 0.5) is 0 Å². The summed E-state index contributed by atoms with van der Waals surface area (Å²) in [5.41, 5.74) is 1.62. The highest BCUT2D eigenvalue weighted by molar-refractivity contribution is 5.75. The van der Waals surface area contributed by atoms with Crippen molar-refractivity contribution >= 4 is 5.97 Å². The van der Waals surface area contributed by atoms with Crippen LogP contribution in [0.2, 0.25) is 0 Å². The van der Waals surface area contributed by atoms with Gasteiger partial charge in [-0.05, 0) is 30.5 Å². The van der Waals surface area contributed by atoms with Crippen LogP contribution in [0.25, 0.3) is 0 Å². The number of ether oxygens (including phenoxy) is 2. The Morgan fingerprint density at radius 3 is 2.67 bits per heavy atom. The molecule has 1 saturated heterocycles. The van der Waals surface area contributed by atoms with Crippen LogP contribution in [0.15, 0.2) is 54.7 Å². The Bertz CT molecular complexity index is 540. The third kappa shape index (κ3) is 3.28. The van der Waals surface area contributed by atoms with E-state index in [0.717, 1.165) is 24.1 Å². The molecule has 0 spiro atoms. The van der Waals surface area contributed by atoms with Gasteiger partial charge >= 0.3 is 5.97 Å². The maximum Gasteiger partial charge on any atom is 0.336 e. The van der Waals surface area contributed by atoms with Gasteiger partial charge in [-0.3, -0.25) is 4.98 Å². The first kappa shape index (κ1) is 13.8. The molecular formula is C17H17NO3. The highest BCUT2D eigenvalue weighted by Crippen LogP contribution is 2.26. The number of benzene rings is 1. The van der Waals surface area contributed by atoms with Gasteiger partial charge in [0.15, 0.2) is 12.2 Å². The molecule has 3 rings (SSSR count). The van der Waals surface area contributed by atoms with E-state index in [0.29, 0.717) is 6.61 Å². The Labute approximate surface area is 123 Å². The SMILES string of the molecule is O=C(OC(c1ccccc1)c1ccccn1)C1CCCO1. The molecule has 0 radical (unpaired) electrons. The Morgan fingerprint density at radius 2 is 2.00 bits per heavy atom. The summed E-state index contributed by atoms with van der Waals surface area (Å²) in [6.45, 7) is 0.624. The molecule has 0 N–H and O–H groups in total. The first-order valence-corrected chi connectivity index (χ1v) is 7.12. The third-order valence-electron chi connectivity index (χ3n) is 3.49. The number of carbonyl (C=O) groups excluding carboxylic acids is 1. The van der Waals surface area contributed by atoms with Gasteiger partial charge in [0, 0.05) is 12.8 Å². The molecule has 21 heavy (non-hydrogen) atoms. The molecule has 2 heterocycles. The molecule has 1 fully saturated rings.